The Morgan fingerprint density at radius 1 is 1.40 bits per heavy atom. The van der Waals surface area contributed by atoms with Crippen molar-refractivity contribution >= 4 is 17.5 Å². The lowest BCUT2D eigenvalue weighted by Crippen LogP contribution is -2.28. The van der Waals surface area contributed by atoms with Crippen molar-refractivity contribution in [2.45, 2.75) is 12.8 Å². The van der Waals surface area contributed by atoms with Gasteiger partial charge in [-0.15, -0.1) is 0 Å². The minimum atomic E-state index is -0.265. The number of ether oxygens (including phenoxy) is 1. The molecule has 0 spiro atoms. The van der Waals surface area contributed by atoms with Crippen molar-refractivity contribution in [1.82, 2.24) is 14.3 Å². The summed E-state index contributed by atoms with van der Waals surface area (Å²) in [7, 11) is 3.05. The molecule has 0 fully saturated rings. The summed E-state index contributed by atoms with van der Waals surface area (Å²) in [4.78, 5) is 29.0. The molecule has 0 unspecified atom stereocenters. The fraction of sp³-hybridized carbons (Fsp3) is 0.357. The van der Waals surface area contributed by atoms with Crippen LogP contribution in [0.15, 0.2) is 30.6 Å². The topological polar surface area (TPSA) is 63.9 Å². The Bertz CT molecular complexity index is 588. The third kappa shape index (κ3) is 3.14. The smallest absolute Gasteiger partial charge is 0.305 e. The standard InChI is InChI=1S/C14H17N3O3/c1-16(8-5-7-13(18)20-2)14(19)11-10-17-9-4-3-6-12(17)15-11/h3-4,6,9-10H,5,7-8H2,1-2H3. The van der Waals surface area contributed by atoms with E-state index in [0.717, 1.165) is 5.65 Å². The van der Waals surface area contributed by atoms with Gasteiger partial charge in [0, 0.05) is 32.4 Å². The van der Waals surface area contributed by atoms with Crippen molar-refractivity contribution in [2.75, 3.05) is 20.7 Å². The SMILES string of the molecule is COC(=O)CCCN(C)C(=O)c1cn2ccccc2n1. The Morgan fingerprint density at radius 2 is 2.20 bits per heavy atom. The Hall–Kier alpha value is -2.37. The molecular weight excluding hydrogens is 258 g/mol. The van der Waals surface area contributed by atoms with E-state index < -0.39 is 0 Å². The van der Waals surface area contributed by atoms with Gasteiger partial charge in [-0.3, -0.25) is 9.59 Å². The Labute approximate surface area is 117 Å². The Morgan fingerprint density at radius 3 is 2.90 bits per heavy atom. The van der Waals surface area contributed by atoms with Crippen LogP contribution in [0.2, 0.25) is 0 Å². The number of imidazole rings is 1. The van der Waals surface area contributed by atoms with E-state index in [-0.39, 0.29) is 11.9 Å². The number of fused-ring (bicyclic) bond motifs is 1. The second kappa shape index (κ2) is 6.18. The Balaban J connectivity index is 1.97. The van der Waals surface area contributed by atoms with E-state index in [2.05, 4.69) is 9.72 Å². The van der Waals surface area contributed by atoms with Crippen LogP contribution in [0.5, 0.6) is 0 Å². The maximum Gasteiger partial charge on any atom is 0.305 e. The number of carbonyl (C=O) groups excluding carboxylic acids is 2. The van der Waals surface area contributed by atoms with Crippen molar-refractivity contribution in [1.29, 1.82) is 0 Å². The number of aromatic nitrogens is 2. The second-order valence-electron chi connectivity index (χ2n) is 4.50. The van der Waals surface area contributed by atoms with Gasteiger partial charge in [-0.25, -0.2) is 4.98 Å². The van der Waals surface area contributed by atoms with Gasteiger partial charge in [-0.2, -0.15) is 0 Å². The minimum absolute atomic E-state index is 0.154. The number of rotatable bonds is 5. The Kier molecular flexibility index (Phi) is 4.34. The lowest BCUT2D eigenvalue weighted by molar-refractivity contribution is -0.140. The van der Waals surface area contributed by atoms with Gasteiger partial charge in [0.25, 0.3) is 5.91 Å². The van der Waals surface area contributed by atoms with Crippen LogP contribution in [0.25, 0.3) is 5.65 Å². The normalized spacial score (nSPS) is 10.5. The number of hydrogen-bond acceptors (Lipinski definition) is 4. The van der Waals surface area contributed by atoms with Crippen molar-refractivity contribution in [2.24, 2.45) is 0 Å². The van der Waals surface area contributed by atoms with Gasteiger partial charge in [-0.05, 0) is 18.6 Å². The van der Waals surface area contributed by atoms with Gasteiger partial charge >= 0.3 is 5.97 Å². The number of amides is 1. The average Bonchev–Trinajstić information content (AvgIpc) is 2.89. The van der Waals surface area contributed by atoms with Crippen LogP contribution >= 0.6 is 0 Å². The van der Waals surface area contributed by atoms with Crippen molar-refractivity contribution in [3.63, 3.8) is 0 Å². The highest BCUT2D eigenvalue weighted by Crippen LogP contribution is 2.07. The number of methoxy groups -OCH3 is 1. The average molecular weight is 275 g/mol. The highest BCUT2D eigenvalue weighted by atomic mass is 16.5. The molecule has 2 aromatic rings. The monoisotopic (exact) mass is 275 g/mol. The fourth-order valence-electron chi connectivity index (χ4n) is 1.90. The predicted molar refractivity (Wildman–Crippen MR) is 73.4 cm³/mol. The molecular formula is C14H17N3O3. The second-order valence-corrected chi connectivity index (χ2v) is 4.50. The summed E-state index contributed by atoms with van der Waals surface area (Å²) in [5.74, 6) is -0.419. The molecule has 0 N–H and O–H groups in total. The highest BCUT2D eigenvalue weighted by Gasteiger charge is 2.15. The van der Waals surface area contributed by atoms with E-state index in [1.807, 2.05) is 24.4 Å². The zero-order chi connectivity index (χ0) is 14.5. The number of carbonyl (C=O) groups is 2. The molecule has 0 aromatic carbocycles. The van der Waals surface area contributed by atoms with E-state index in [4.69, 9.17) is 0 Å². The lowest BCUT2D eigenvalue weighted by Gasteiger charge is -2.15. The number of nitrogens with zero attached hydrogens (tertiary/aromatic N) is 3. The number of hydrogen-bond donors (Lipinski definition) is 0. The first-order valence-corrected chi connectivity index (χ1v) is 6.38. The zero-order valence-electron chi connectivity index (χ0n) is 11.6. The molecule has 0 aliphatic rings. The summed E-state index contributed by atoms with van der Waals surface area (Å²) in [6.45, 7) is 0.488. The molecule has 0 saturated heterocycles. The van der Waals surface area contributed by atoms with Crippen LogP contribution in [-0.2, 0) is 9.53 Å². The molecule has 2 aromatic heterocycles. The fourth-order valence-corrected chi connectivity index (χ4v) is 1.90. The summed E-state index contributed by atoms with van der Waals surface area (Å²) < 4.78 is 6.36. The molecule has 6 nitrogen and oxygen atoms in total. The molecule has 6 heteroatoms. The molecule has 0 aliphatic heterocycles. The third-order valence-electron chi connectivity index (χ3n) is 3.03. The summed E-state index contributed by atoms with van der Waals surface area (Å²) in [5.41, 5.74) is 1.13. The molecule has 1 amide bonds. The van der Waals surface area contributed by atoms with Crippen LogP contribution in [0.3, 0.4) is 0 Å². The van der Waals surface area contributed by atoms with Gasteiger partial charge < -0.3 is 14.0 Å². The minimum Gasteiger partial charge on any atom is -0.469 e. The lowest BCUT2D eigenvalue weighted by atomic mass is 10.3. The summed E-state index contributed by atoms with van der Waals surface area (Å²) >= 11 is 0. The zero-order valence-corrected chi connectivity index (χ0v) is 11.6. The van der Waals surface area contributed by atoms with Crippen LogP contribution in [0, 0.1) is 0 Å². The van der Waals surface area contributed by atoms with Crippen molar-refractivity contribution < 1.29 is 14.3 Å². The van der Waals surface area contributed by atoms with E-state index in [1.165, 1.54) is 7.11 Å². The van der Waals surface area contributed by atoms with Gasteiger partial charge in [0.2, 0.25) is 0 Å². The molecule has 20 heavy (non-hydrogen) atoms. The van der Waals surface area contributed by atoms with Gasteiger partial charge in [0.15, 0.2) is 0 Å². The van der Waals surface area contributed by atoms with Crippen LogP contribution in [-0.4, -0.2) is 46.9 Å². The maximum atomic E-state index is 12.2. The third-order valence-corrected chi connectivity index (χ3v) is 3.03. The molecule has 106 valence electrons. The maximum absolute atomic E-state index is 12.2. The molecule has 0 saturated carbocycles. The molecule has 2 heterocycles. The molecule has 0 atom stereocenters. The van der Waals surface area contributed by atoms with E-state index >= 15 is 0 Å². The van der Waals surface area contributed by atoms with E-state index in [0.29, 0.717) is 25.1 Å². The first-order chi connectivity index (χ1) is 9.61. The van der Waals surface area contributed by atoms with Crippen molar-refractivity contribution in [3.8, 4) is 0 Å². The van der Waals surface area contributed by atoms with Crippen LogP contribution < -0.4 is 0 Å². The van der Waals surface area contributed by atoms with Crippen molar-refractivity contribution in [3.05, 3.63) is 36.3 Å². The predicted octanol–water partition coefficient (Wildman–Crippen LogP) is 1.36. The van der Waals surface area contributed by atoms with Gasteiger partial charge in [-0.1, -0.05) is 6.07 Å². The molecule has 2 rings (SSSR count). The summed E-state index contributed by atoms with van der Waals surface area (Å²) in [6.07, 6.45) is 4.42. The van der Waals surface area contributed by atoms with Gasteiger partial charge in [0.05, 0.1) is 7.11 Å². The van der Waals surface area contributed by atoms with E-state index in [1.54, 1.807) is 22.5 Å². The number of pyridine rings is 1. The van der Waals surface area contributed by atoms with E-state index in [9.17, 15) is 9.59 Å². The molecule has 0 radical (unpaired) electrons. The molecule has 0 bridgehead atoms. The first kappa shape index (κ1) is 14.0. The highest BCUT2D eigenvalue weighted by molar-refractivity contribution is 5.92. The van der Waals surface area contributed by atoms with Crippen LogP contribution in [0.4, 0.5) is 0 Å². The largest absolute Gasteiger partial charge is 0.469 e. The summed E-state index contributed by atoms with van der Waals surface area (Å²) in [6, 6.07) is 5.59. The summed E-state index contributed by atoms with van der Waals surface area (Å²) in [5, 5.41) is 0. The number of esters is 1. The van der Waals surface area contributed by atoms with Crippen LogP contribution in [0.1, 0.15) is 23.3 Å². The quantitative estimate of drug-likeness (QED) is 0.773. The van der Waals surface area contributed by atoms with Gasteiger partial charge in [0.1, 0.15) is 11.3 Å². The first-order valence-electron chi connectivity index (χ1n) is 6.38. The molecule has 0 aliphatic carbocycles.